The Kier molecular flexibility index (Phi) is 5.79. The molecule has 1 aromatic carbocycles. The highest BCUT2D eigenvalue weighted by molar-refractivity contribution is 6.05. The number of imide groups is 1. The van der Waals surface area contributed by atoms with Crippen molar-refractivity contribution in [3.05, 3.63) is 35.9 Å². The number of hydrogen-bond acceptors (Lipinski definition) is 4. The van der Waals surface area contributed by atoms with E-state index in [-0.39, 0.29) is 24.3 Å². The van der Waals surface area contributed by atoms with Gasteiger partial charge in [-0.1, -0.05) is 30.3 Å². The van der Waals surface area contributed by atoms with Crippen LogP contribution in [0.2, 0.25) is 0 Å². The summed E-state index contributed by atoms with van der Waals surface area (Å²) in [7, 11) is 5.16. The molecule has 2 aliphatic rings. The van der Waals surface area contributed by atoms with Crippen LogP contribution in [0.15, 0.2) is 30.3 Å². The van der Waals surface area contributed by atoms with Gasteiger partial charge in [-0.3, -0.25) is 19.4 Å². The van der Waals surface area contributed by atoms with Gasteiger partial charge in [-0.15, -0.1) is 0 Å². The van der Waals surface area contributed by atoms with Crippen LogP contribution in [0.3, 0.4) is 0 Å². The Bertz CT molecular complexity index is 700. The number of nitrogens with zero attached hydrogens (tertiary/aromatic N) is 4. The second kappa shape index (κ2) is 8.08. The lowest BCUT2D eigenvalue weighted by atomic mass is 10.0. The minimum atomic E-state index is -0.673. The third kappa shape index (κ3) is 4.13. The molecular weight excluding hydrogens is 344 g/mol. The fraction of sp³-hybridized carbons (Fsp3) is 0.550. The van der Waals surface area contributed by atoms with Crippen molar-refractivity contribution in [3.8, 4) is 0 Å². The van der Waals surface area contributed by atoms with Crippen molar-refractivity contribution < 1.29 is 14.4 Å². The SMILES string of the molecule is CN1C(=O)[C@H](CC(=O)N2CCC(N(C)Cc3ccccc3)CC2)N(C)C1=O. The van der Waals surface area contributed by atoms with Crippen LogP contribution in [-0.2, 0) is 16.1 Å². The molecule has 146 valence electrons. The van der Waals surface area contributed by atoms with E-state index in [0.717, 1.165) is 24.3 Å². The Morgan fingerprint density at radius 2 is 1.74 bits per heavy atom. The molecule has 7 heteroatoms. The number of piperidine rings is 1. The van der Waals surface area contributed by atoms with E-state index in [1.807, 2.05) is 23.1 Å². The molecule has 1 aromatic rings. The van der Waals surface area contributed by atoms with Crippen molar-refractivity contribution in [2.45, 2.75) is 37.9 Å². The topological polar surface area (TPSA) is 64.2 Å². The van der Waals surface area contributed by atoms with E-state index in [2.05, 4.69) is 24.1 Å². The molecule has 4 amide bonds. The fourth-order valence-electron chi connectivity index (χ4n) is 3.93. The third-order valence-corrected chi connectivity index (χ3v) is 5.76. The number of urea groups is 1. The Morgan fingerprint density at radius 1 is 1.11 bits per heavy atom. The van der Waals surface area contributed by atoms with E-state index in [1.54, 1.807) is 7.05 Å². The lowest BCUT2D eigenvalue weighted by Crippen LogP contribution is -2.47. The van der Waals surface area contributed by atoms with Crippen LogP contribution >= 0.6 is 0 Å². The minimum absolute atomic E-state index is 0.0486. The van der Waals surface area contributed by atoms with Crippen molar-refractivity contribution >= 4 is 17.8 Å². The summed E-state index contributed by atoms with van der Waals surface area (Å²) in [6, 6.07) is 9.80. The van der Waals surface area contributed by atoms with E-state index in [4.69, 9.17) is 0 Å². The molecule has 0 aromatic heterocycles. The quantitative estimate of drug-likeness (QED) is 0.733. The molecule has 2 aliphatic heterocycles. The minimum Gasteiger partial charge on any atom is -0.343 e. The summed E-state index contributed by atoms with van der Waals surface area (Å²) in [6.45, 7) is 2.28. The summed E-state index contributed by atoms with van der Waals surface area (Å²) in [5, 5.41) is 0. The molecule has 0 bridgehead atoms. The first-order valence-corrected chi connectivity index (χ1v) is 9.44. The van der Waals surface area contributed by atoms with E-state index >= 15 is 0 Å². The second-order valence-corrected chi connectivity index (χ2v) is 7.52. The molecule has 0 radical (unpaired) electrons. The molecule has 0 aliphatic carbocycles. The summed E-state index contributed by atoms with van der Waals surface area (Å²) in [5.74, 6) is -0.346. The highest BCUT2D eigenvalue weighted by atomic mass is 16.2. The zero-order valence-electron chi connectivity index (χ0n) is 16.3. The van der Waals surface area contributed by atoms with Crippen molar-refractivity contribution in [2.24, 2.45) is 0 Å². The normalized spacial score (nSPS) is 21.5. The Balaban J connectivity index is 1.49. The zero-order chi connectivity index (χ0) is 19.6. The smallest absolute Gasteiger partial charge is 0.326 e. The molecule has 0 spiro atoms. The van der Waals surface area contributed by atoms with Crippen LogP contribution in [0.5, 0.6) is 0 Å². The first kappa shape index (κ1) is 19.4. The number of benzene rings is 1. The highest BCUT2D eigenvalue weighted by Crippen LogP contribution is 2.21. The van der Waals surface area contributed by atoms with Crippen molar-refractivity contribution in [1.82, 2.24) is 19.6 Å². The maximum absolute atomic E-state index is 12.6. The summed E-state index contributed by atoms with van der Waals surface area (Å²) in [6.07, 6.45) is 1.90. The van der Waals surface area contributed by atoms with Gasteiger partial charge >= 0.3 is 6.03 Å². The van der Waals surface area contributed by atoms with Gasteiger partial charge in [-0.2, -0.15) is 0 Å². The zero-order valence-corrected chi connectivity index (χ0v) is 16.3. The second-order valence-electron chi connectivity index (χ2n) is 7.52. The van der Waals surface area contributed by atoms with Gasteiger partial charge in [-0.05, 0) is 25.5 Å². The monoisotopic (exact) mass is 372 g/mol. The van der Waals surface area contributed by atoms with Gasteiger partial charge in [0.05, 0.1) is 6.42 Å². The molecule has 2 fully saturated rings. The number of rotatable bonds is 5. The number of hydrogen-bond donors (Lipinski definition) is 0. The summed E-state index contributed by atoms with van der Waals surface area (Å²) < 4.78 is 0. The van der Waals surface area contributed by atoms with Crippen LogP contribution in [0.1, 0.15) is 24.8 Å². The number of carbonyl (C=O) groups is 3. The van der Waals surface area contributed by atoms with E-state index in [9.17, 15) is 14.4 Å². The standard InChI is InChI=1S/C20H28N4O3/c1-21(14-15-7-5-4-6-8-15)16-9-11-24(12-10-16)18(25)13-17-19(26)23(3)20(27)22(17)2/h4-8,16-17H,9-14H2,1-3H3/t17-/m0/s1. The Morgan fingerprint density at radius 3 is 2.30 bits per heavy atom. The van der Waals surface area contributed by atoms with Crippen LogP contribution in [-0.4, -0.2) is 83.8 Å². The molecule has 2 heterocycles. The molecule has 7 nitrogen and oxygen atoms in total. The van der Waals surface area contributed by atoms with E-state index < -0.39 is 6.04 Å². The average Bonchev–Trinajstić information content (AvgIpc) is 2.86. The van der Waals surface area contributed by atoms with Gasteiger partial charge in [0.25, 0.3) is 5.91 Å². The molecule has 1 atom stereocenters. The molecule has 0 N–H and O–H groups in total. The number of carbonyl (C=O) groups excluding carboxylic acids is 3. The molecule has 2 saturated heterocycles. The van der Waals surface area contributed by atoms with Gasteiger partial charge in [0.2, 0.25) is 5.91 Å². The molecule has 27 heavy (non-hydrogen) atoms. The van der Waals surface area contributed by atoms with Crippen molar-refractivity contribution in [3.63, 3.8) is 0 Å². The molecule has 0 saturated carbocycles. The summed E-state index contributed by atoms with van der Waals surface area (Å²) >= 11 is 0. The van der Waals surface area contributed by atoms with Gasteiger partial charge in [-0.25, -0.2) is 4.79 Å². The number of amides is 4. The maximum atomic E-state index is 12.6. The van der Waals surface area contributed by atoms with Crippen LogP contribution in [0, 0.1) is 0 Å². The van der Waals surface area contributed by atoms with Crippen LogP contribution < -0.4 is 0 Å². The molecule has 3 rings (SSSR count). The Labute approximate surface area is 160 Å². The largest absolute Gasteiger partial charge is 0.343 e. The van der Waals surface area contributed by atoms with Crippen molar-refractivity contribution in [2.75, 3.05) is 34.2 Å². The van der Waals surface area contributed by atoms with Crippen molar-refractivity contribution in [1.29, 1.82) is 0 Å². The Hall–Kier alpha value is -2.41. The number of likely N-dealkylation sites (tertiary alicyclic amines) is 1. The highest BCUT2D eigenvalue weighted by Gasteiger charge is 2.42. The lowest BCUT2D eigenvalue weighted by Gasteiger charge is -2.37. The third-order valence-electron chi connectivity index (χ3n) is 5.76. The fourth-order valence-corrected chi connectivity index (χ4v) is 3.93. The molecule has 0 unspecified atom stereocenters. The van der Waals surface area contributed by atoms with Crippen LogP contribution in [0.4, 0.5) is 4.79 Å². The summed E-state index contributed by atoms with van der Waals surface area (Å²) in [5.41, 5.74) is 1.29. The number of likely N-dealkylation sites (N-methyl/N-ethyl adjacent to an activating group) is 2. The van der Waals surface area contributed by atoms with E-state index in [1.165, 1.54) is 17.5 Å². The first-order chi connectivity index (χ1) is 12.9. The average molecular weight is 372 g/mol. The van der Waals surface area contributed by atoms with Gasteiger partial charge < -0.3 is 9.80 Å². The maximum Gasteiger partial charge on any atom is 0.326 e. The molecular formula is C20H28N4O3. The lowest BCUT2D eigenvalue weighted by molar-refractivity contribution is -0.137. The van der Waals surface area contributed by atoms with Gasteiger partial charge in [0.15, 0.2) is 0 Å². The first-order valence-electron chi connectivity index (χ1n) is 9.44. The van der Waals surface area contributed by atoms with Crippen LogP contribution in [0.25, 0.3) is 0 Å². The van der Waals surface area contributed by atoms with E-state index in [0.29, 0.717) is 19.1 Å². The predicted octanol–water partition coefficient (Wildman–Crippen LogP) is 1.39. The van der Waals surface area contributed by atoms with Gasteiger partial charge in [0.1, 0.15) is 6.04 Å². The predicted molar refractivity (Wildman–Crippen MR) is 102 cm³/mol. The summed E-state index contributed by atoms with van der Waals surface area (Å²) in [4.78, 5) is 43.3. The van der Waals surface area contributed by atoms with Gasteiger partial charge in [0, 0.05) is 39.8 Å².